The maximum absolute atomic E-state index is 14.1. The summed E-state index contributed by atoms with van der Waals surface area (Å²) in [5, 5.41) is 10.8. The van der Waals surface area contributed by atoms with Crippen molar-refractivity contribution < 1.29 is 22.7 Å². The lowest BCUT2D eigenvalue weighted by molar-refractivity contribution is -0.266. The second kappa shape index (κ2) is 13.0. The van der Waals surface area contributed by atoms with Gasteiger partial charge < -0.3 is 21.5 Å². The first-order valence-electron chi connectivity index (χ1n) is 12.1. The highest BCUT2D eigenvalue weighted by Crippen LogP contribution is 2.44. The molecule has 1 rings (SSSR count). The molecule has 198 valence electrons. The average molecular weight is 500 g/mol. The van der Waals surface area contributed by atoms with E-state index in [4.69, 9.17) is 11.5 Å². The van der Waals surface area contributed by atoms with Gasteiger partial charge in [-0.2, -0.15) is 13.2 Å². The molecule has 0 aliphatic carbocycles. The Balaban J connectivity index is 3.19. The minimum absolute atomic E-state index is 0.0903. The number of aliphatic hydroxyl groups is 1. The average Bonchev–Trinajstić information content (AvgIpc) is 2.74. The number of rotatable bonds is 13. The molecular formula is C27H41F4N3O. The lowest BCUT2D eigenvalue weighted by atomic mass is 9.73. The molecule has 0 saturated heterocycles. The number of nitrogens with zero attached hydrogens (tertiary/aromatic N) is 1. The maximum Gasteiger partial charge on any atom is 0.417 e. The van der Waals surface area contributed by atoms with E-state index in [9.17, 15) is 22.7 Å². The van der Waals surface area contributed by atoms with Crippen molar-refractivity contribution >= 4 is 0 Å². The Morgan fingerprint density at radius 2 is 1.74 bits per heavy atom. The van der Waals surface area contributed by atoms with Crippen LogP contribution in [0.3, 0.4) is 0 Å². The SMILES string of the molecule is CC/C=C(/C=C(\N)CC(O)(CC(C)(C)c1cccc(F)c1)C(F)(F)F)C/C=C(\N)N(CC)CCC. The van der Waals surface area contributed by atoms with E-state index in [1.165, 1.54) is 24.3 Å². The molecule has 0 radical (unpaired) electrons. The quantitative estimate of drug-likeness (QED) is 0.221. The van der Waals surface area contributed by atoms with Gasteiger partial charge in [-0.3, -0.25) is 0 Å². The zero-order chi connectivity index (χ0) is 26.9. The van der Waals surface area contributed by atoms with Crippen molar-refractivity contribution in [2.24, 2.45) is 11.5 Å². The molecule has 1 aromatic rings. The molecule has 4 nitrogen and oxygen atoms in total. The van der Waals surface area contributed by atoms with Crippen molar-refractivity contribution in [2.75, 3.05) is 13.1 Å². The van der Waals surface area contributed by atoms with Crippen LogP contribution in [-0.4, -0.2) is 34.9 Å². The lowest BCUT2D eigenvalue weighted by Crippen LogP contribution is -2.50. The molecule has 35 heavy (non-hydrogen) atoms. The molecule has 0 spiro atoms. The Kier molecular flexibility index (Phi) is 11.3. The Morgan fingerprint density at radius 1 is 1.09 bits per heavy atom. The van der Waals surface area contributed by atoms with Gasteiger partial charge in [0.1, 0.15) is 5.82 Å². The Labute approximate surface area is 207 Å². The Bertz CT molecular complexity index is 906. The van der Waals surface area contributed by atoms with Crippen LogP contribution in [0, 0.1) is 5.82 Å². The van der Waals surface area contributed by atoms with Gasteiger partial charge >= 0.3 is 6.18 Å². The highest BCUT2D eigenvalue weighted by Gasteiger charge is 2.55. The van der Waals surface area contributed by atoms with Crippen LogP contribution >= 0.6 is 0 Å². The van der Waals surface area contributed by atoms with Gasteiger partial charge in [-0.05, 0) is 73.4 Å². The number of alkyl halides is 3. The number of hydrogen-bond donors (Lipinski definition) is 3. The molecule has 5 N–H and O–H groups in total. The predicted octanol–water partition coefficient (Wildman–Crippen LogP) is 6.28. The molecule has 0 fully saturated rings. The van der Waals surface area contributed by atoms with E-state index in [0.29, 0.717) is 24.2 Å². The number of allylic oxidation sites excluding steroid dienone is 4. The van der Waals surface area contributed by atoms with Gasteiger partial charge in [-0.1, -0.05) is 45.9 Å². The fourth-order valence-electron chi connectivity index (χ4n) is 4.19. The summed E-state index contributed by atoms with van der Waals surface area (Å²) in [5.41, 5.74) is 8.97. The number of halogens is 4. The van der Waals surface area contributed by atoms with Gasteiger partial charge in [0, 0.05) is 25.2 Å². The smallest absolute Gasteiger partial charge is 0.402 e. The Hall–Kier alpha value is -2.48. The summed E-state index contributed by atoms with van der Waals surface area (Å²) < 4.78 is 55.9. The summed E-state index contributed by atoms with van der Waals surface area (Å²) in [6.45, 7) is 10.6. The van der Waals surface area contributed by atoms with E-state index in [1.54, 1.807) is 19.9 Å². The fraction of sp³-hybridized carbons (Fsp3) is 0.556. The maximum atomic E-state index is 14.1. The number of benzene rings is 1. The lowest BCUT2D eigenvalue weighted by Gasteiger charge is -2.38. The highest BCUT2D eigenvalue weighted by atomic mass is 19.4. The van der Waals surface area contributed by atoms with Crippen LogP contribution in [-0.2, 0) is 5.41 Å². The predicted molar refractivity (Wildman–Crippen MR) is 135 cm³/mol. The molecular weight excluding hydrogens is 458 g/mol. The van der Waals surface area contributed by atoms with E-state index in [1.807, 2.05) is 30.9 Å². The fourth-order valence-corrected chi connectivity index (χ4v) is 4.19. The largest absolute Gasteiger partial charge is 0.417 e. The van der Waals surface area contributed by atoms with Crippen molar-refractivity contribution in [3.63, 3.8) is 0 Å². The summed E-state index contributed by atoms with van der Waals surface area (Å²) >= 11 is 0. The minimum atomic E-state index is -4.93. The molecule has 1 atom stereocenters. The topological polar surface area (TPSA) is 75.5 Å². The number of hydrogen-bond acceptors (Lipinski definition) is 4. The van der Waals surface area contributed by atoms with Crippen LogP contribution in [0.25, 0.3) is 0 Å². The van der Waals surface area contributed by atoms with Gasteiger partial charge in [-0.25, -0.2) is 4.39 Å². The van der Waals surface area contributed by atoms with Gasteiger partial charge in [0.15, 0.2) is 5.60 Å². The summed E-state index contributed by atoms with van der Waals surface area (Å²) in [6, 6.07) is 5.40. The van der Waals surface area contributed by atoms with E-state index < -0.39 is 35.9 Å². The summed E-state index contributed by atoms with van der Waals surface area (Å²) in [5.74, 6) is 0.0553. The van der Waals surface area contributed by atoms with E-state index >= 15 is 0 Å². The molecule has 1 aromatic carbocycles. The molecule has 1 unspecified atom stereocenters. The van der Waals surface area contributed by atoms with Gasteiger partial charge in [0.2, 0.25) is 0 Å². The van der Waals surface area contributed by atoms with Crippen molar-refractivity contribution in [1.29, 1.82) is 0 Å². The molecule has 0 aliphatic heterocycles. The van der Waals surface area contributed by atoms with E-state index in [2.05, 4.69) is 6.92 Å². The first-order chi connectivity index (χ1) is 16.2. The van der Waals surface area contributed by atoms with Crippen molar-refractivity contribution in [3.8, 4) is 0 Å². The van der Waals surface area contributed by atoms with E-state index in [0.717, 1.165) is 25.1 Å². The Morgan fingerprint density at radius 3 is 2.26 bits per heavy atom. The van der Waals surface area contributed by atoms with Crippen LogP contribution in [0.15, 0.2) is 59.6 Å². The minimum Gasteiger partial charge on any atom is -0.402 e. The zero-order valence-corrected chi connectivity index (χ0v) is 21.6. The first kappa shape index (κ1) is 30.6. The van der Waals surface area contributed by atoms with Gasteiger partial charge in [0.05, 0.1) is 5.82 Å². The van der Waals surface area contributed by atoms with Crippen molar-refractivity contribution in [2.45, 2.75) is 83.9 Å². The van der Waals surface area contributed by atoms with Crippen LogP contribution < -0.4 is 11.5 Å². The van der Waals surface area contributed by atoms with Crippen LogP contribution in [0.1, 0.15) is 72.3 Å². The van der Waals surface area contributed by atoms with Crippen LogP contribution in [0.2, 0.25) is 0 Å². The molecule has 0 aliphatic rings. The number of nitrogens with two attached hydrogens (primary N) is 2. The normalized spacial score (nSPS) is 15.8. The van der Waals surface area contributed by atoms with Crippen LogP contribution in [0.4, 0.5) is 17.6 Å². The molecule has 0 amide bonds. The second-order valence-electron chi connectivity index (χ2n) is 9.60. The molecule has 0 bridgehead atoms. The standard InChI is InChI=1S/C27H41F4N3O/c1-6-10-20(13-14-24(33)34(8-3)15-7-2)16-23(32)18-26(35,27(29,30)31)19-25(4,5)21-11-9-12-22(28)17-21/h9-12,14,16-17,35H,6-8,13,15,18-19,32-33H2,1-5H3/b20-10+,23-16-,24-14+. The molecule has 0 heterocycles. The second-order valence-corrected chi connectivity index (χ2v) is 9.60. The van der Waals surface area contributed by atoms with Crippen molar-refractivity contribution in [3.05, 3.63) is 71.0 Å². The van der Waals surface area contributed by atoms with Gasteiger partial charge in [-0.15, -0.1) is 0 Å². The summed E-state index contributed by atoms with van der Waals surface area (Å²) in [7, 11) is 0. The third-order valence-corrected chi connectivity index (χ3v) is 5.99. The monoisotopic (exact) mass is 499 g/mol. The van der Waals surface area contributed by atoms with E-state index in [-0.39, 0.29) is 5.70 Å². The first-order valence-corrected chi connectivity index (χ1v) is 12.1. The molecule has 0 saturated carbocycles. The zero-order valence-electron chi connectivity index (χ0n) is 21.6. The third-order valence-electron chi connectivity index (χ3n) is 5.99. The molecule has 8 heteroatoms. The van der Waals surface area contributed by atoms with Gasteiger partial charge in [0.25, 0.3) is 0 Å². The van der Waals surface area contributed by atoms with Crippen LogP contribution in [0.5, 0.6) is 0 Å². The summed E-state index contributed by atoms with van der Waals surface area (Å²) in [4.78, 5) is 2.02. The third kappa shape index (κ3) is 9.24. The molecule has 0 aromatic heterocycles. The summed E-state index contributed by atoms with van der Waals surface area (Å²) in [6.07, 6.45) is 0.774. The highest BCUT2D eigenvalue weighted by molar-refractivity contribution is 5.28. The van der Waals surface area contributed by atoms with Crippen molar-refractivity contribution in [1.82, 2.24) is 4.90 Å².